The highest BCUT2D eigenvalue weighted by Crippen LogP contribution is 2.37. The lowest BCUT2D eigenvalue weighted by molar-refractivity contribution is 0.0773. The number of oxime groups is 1. The lowest BCUT2D eigenvalue weighted by Gasteiger charge is -2.12. The molecule has 0 aliphatic rings. The summed E-state index contributed by atoms with van der Waals surface area (Å²) in [6.45, 7) is 6.86. The Bertz CT molecular complexity index is 638. The molecular formula is C19H25Cl4NO4. The molecule has 0 fully saturated rings. The van der Waals surface area contributed by atoms with Crippen LogP contribution in [0, 0.1) is 0 Å². The van der Waals surface area contributed by atoms with E-state index in [2.05, 4.69) is 5.16 Å². The van der Waals surface area contributed by atoms with Crippen molar-refractivity contribution in [2.75, 3.05) is 19.8 Å². The van der Waals surface area contributed by atoms with Crippen LogP contribution in [0.2, 0.25) is 10.0 Å². The van der Waals surface area contributed by atoms with Gasteiger partial charge < -0.3 is 19.0 Å². The molecule has 158 valence electrons. The third-order valence-electron chi connectivity index (χ3n) is 3.20. The zero-order valence-corrected chi connectivity index (χ0v) is 19.2. The Morgan fingerprint density at radius 3 is 2.29 bits per heavy atom. The fourth-order valence-electron chi connectivity index (χ4n) is 1.94. The molecule has 0 aliphatic heterocycles. The smallest absolute Gasteiger partial charge is 0.222 e. The van der Waals surface area contributed by atoms with Crippen LogP contribution < -0.4 is 9.47 Å². The van der Waals surface area contributed by atoms with Crippen LogP contribution in [0.1, 0.15) is 40.0 Å². The fraction of sp³-hybridized carbons (Fsp3) is 0.526. The fourth-order valence-corrected chi connectivity index (χ4v) is 2.64. The van der Waals surface area contributed by atoms with Gasteiger partial charge in [-0.3, -0.25) is 0 Å². The maximum absolute atomic E-state index is 6.22. The van der Waals surface area contributed by atoms with Crippen LogP contribution >= 0.6 is 46.4 Å². The van der Waals surface area contributed by atoms with E-state index in [0.717, 1.165) is 19.3 Å². The van der Waals surface area contributed by atoms with Crippen molar-refractivity contribution in [2.45, 2.75) is 46.1 Å². The number of ether oxygens (including phenoxy) is 3. The van der Waals surface area contributed by atoms with Crippen LogP contribution in [0.25, 0.3) is 0 Å². The molecule has 1 aromatic carbocycles. The summed E-state index contributed by atoms with van der Waals surface area (Å²) in [5.41, 5.74) is 0. The summed E-state index contributed by atoms with van der Waals surface area (Å²) in [6, 6.07) is 3.27. The first-order valence-electron chi connectivity index (χ1n) is 8.88. The van der Waals surface area contributed by atoms with Gasteiger partial charge in [-0.15, -0.1) is 0 Å². The molecule has 0 saturated heterocycles. The topological polar surface area (TPSA) is 49.3 Å². The lowest BCUT2D eigenvalue weighted by Crippen LogP contribution is -2.06. The van der Waals surface area contributed by atoms with E-state index in [-0.39, 0.29) is 17.2 Å². The maximum atomic E-state index is 6.22. The maximum Gasteiger partial charge on any atom is 0.222 e. The van der Waals surface area contributed by atoms with Gasteiger partial charge in [0.05, 0.1) is 23.3 Å². The molecule has 0 N–H and O–H groups in total. The first kappa shape index (κ1) is 25.0. The second-order valence-corrected chi connectivity index (χ2v) is 7.87. The van der Waals surface area contributed by atoms with Crippen molar-refractivity contribution in [3.05, 3.63) is 32.7 Å². The summed E-state index contributed by atoms with van der Waals surface area (Å²) in [4.78, 5) is 5.11. The predicted octanol–water partition coefficient (Wildman–Crippen LogP) is 7.02. The zero-order chi connectivity index (χ0) is 20.9. The number of benzene rings is 1. The van der Waals surface area contributed by atoms with Crippen molar-refractivity contribution >= 4 is 52.3 Å². The van der Waals surface area contributed by atoms with Crippen molar-refractivity contribution in [3.8, 4) is 11.5 Å². The number of nitrogens with zero attached hydrogens (tertiary/aromatic N) is 1. The molecule has 0 radical (unpaired) electrons. The number of unbranched alkanes of at least 4 members (excludes halogenated alkanes) is 2. The predicted molar refractivity (Wildman–Crippen MR) is 116 cm³/mol. The summed E-state index contributed by atoms with van der Waals surface area (Å²) in [5.74, 6) is 1.46. The Balaban J connectivity index is 2.30. The van der Waals surface area contributed by atoms with E-state index in [1.165, 1.54) is 6.08 Å². The molecule has 0 spiro atoms. The number of rotatable bonds is 12. The summed E-state index contributed by atoms with van der Waals surface area (Å²) in [5, 5.41) is 4.62. The van der Waals surface area contributed by atoms with Gasteiger partial charge in [-0.1, -0.05) is 51.6 Å². The molecule has 28 heavy (non-hydrogen) atoms. The van der Waals surface area contributed by atoms with Crippen molar-refractivity contribution in [2.24, 2.45) is 5.16 Å². The highest BCUT2D eigenvalue weighted by atomic mass is 35.5. The monoisotopic (exact) mass is 471 g/mol. The first-order valence-corrected chi connectivity index (χ1v) is 10.4. The van der Waals surface area contributed by atoms with Crippen molar-refractivity contribution in [3.63, 3.8) is 0 Å². The Morgan fingerprint density at radius 1 is 1.04 bits per heavy atom. The highest BCUT2D eigenvalue weighted by Gasteiger charge is 2.10. The lowest BCUT2D eigenvalue weighted by atomic mass is 10.2. The Morgan fingerprint density at radius 2 is 1.68 bits per heavy atom. The molecule has 0 bridgehead atoms. The highest BCUT2D eigenvalue weighted by molar-refractivity contribution is 6.55. The summed E-state index contributed by atoms with van der Waals surface area (Å²) in [6.07, 6.45) is 4.20. The van der Waals surface area contributed by atoms with Gasteiger partial charge in [0.2, 0.25) is 5.90 Å². The largest absolute Gasteiger partial charge is 0.490 e. The molecule has 5 nitrogen and oxygen atoms in total. The molecule has 0 atom stereocenters. The second kappa shape index (κ2) is 14.0. The van der Waals surface area contributed by atoms with Gasteiger partial charge in [0.15, 0.2) is 5.75 Å². The van der Waals surface area contributed by atoms with E-state index in [1.54, 1.807) is 19.1 Å². The molecule has 1 rings (SSSR count). The first-order chi connectivity index (χ1) is 13.3. The molecule has 9 heteroatoms. The van der Waals surface area contributed by atoms with Gasteiger partial charge in [0.1, 0.15) is 23.0 Å². The third kappa shape index (κ3) is 11.1. The number of hydrogen-bond donors (Lipinski definition) is 0. The quantitative estimate of drug-likeness (QED) is 0.142. The van der Waals surface area contributed by atoms with Gasteiger partial charge in [-0.2, -0.15) is 0 Å². The normalized spacial score (nSPS) is 11.4. The molecular weight excluding hydrogens is 448 g/mol. The van der Waals surface area contributed by atoms with E-state index >= 15 is 0 Å². The second-order valence-electron chi connectivity index (χ2n) is 6.04. The Labute approximate surface area is 186 Å². The minimum absolute atomic E-state index is 0.0379. The van der Waals surface area contributed by atoms with Crippen LogP contribution in [0.4, 0.5) is 0 Å². The van der Waals surface area contributed by atoms with Gasteiger partial charge in [0.25, 0.3) is 0 Å². The molecule has 0 heterocycles. The Hall–Kier alpha value is -1.01. The average molecular weight is 473 g/mol. The van der Waals surface area contributed by atoms with Crippen LogP contribution in [0.15, 0.2) is 27.9 Å². The summed E-state index contributed by atoms with van der Waals surface area (Å²) < 4.78 is 16.7. The minimum Gasteiger partial charge on any atom is -0.490 e. The van der Waals surface area contributed by atoms with Crippen molar-refractivity contribution < 1.29 is 19.0 Å². The minimum atomic E-state index is 0.0379. The van der Waals surface area contributed by atoms with Gasteiger partial charge >= 0.3 is 0 Å². The zero-order valence-electron chi connectivity index (χ0n) is 16.1. The Kier molecular flexibility index (Phi) is 12.6. The van der Waals surface area contributed by atoms with Gasteiger partial charge in [-0.05, 0) is 39.2 Å². The SMILES string of the molecule is CC(=NOC(C)C)OCCCCCOc1c(Cl)cc(OCC=C(Cl)Cl)cc1Cl. The van der Waals surface area contributed by atoms with Crippen LogP contribution in [0.5, 0.6) is 11.5 Å². The molecule has 0 aliphatic carbocycles. The van der Waals surface area contributed by atoms with Gasteiger partial charge in [0, 0.05) is 19.1 Å². The molecule has 0 amide bonds. The third-order valence-corrected chi connectivity index (χ3v) is 4.07. The van der Waals surface area contributed by atoms with E-state index < -0.39 is 0 Å². The summed E-state index contributed by atoms with van der Waals surface area (Å²) >= 11 is 23.5. The van der Waals surface area contributed by atoms with Gasteiger partial charge in [-0.25, -0.2) is 0 Å². The van der Waals surface area contributed by atoms with Crippen LogP contribution in [-0.2, 0) is 9.57 Å². The molecule has 0 aromatic heterocycles. The van der Waals surface area contributed by atoms with Crippen molar-refractivity contribution in [1.29, 1.82) is 0 Å². The van der Waals surface area contributed by atoms with Crippen LogP contribution in [0.3, 0.4) is 0 Å². The number of halogens is 4. The standard InChI is InChI=1S/C19H25Cl4NO4/c1-13(2)28-24-14(3)25-8-5-4-6-9-27-19-16(20)11-15(12-17(19)21)26-10-7-18(22)23/h7,11-13H,4-6,8-10H2,1-3H3. The van der Waals surface area contributed by atoms with E-state index in [0.29, 0.717) is 40.7 Å². The molecule has 0 unspecified atom stereocenters. The van der Waals surface area contributed by atoms with Crippen LogP contribution in [-0.4, -0.2) is 31.8 Å². The average Bonchev–Trinajstić information content (AvgIpc) is 2.60. The van der Waals surface area contributed by atoms with Crippen molar-refractivity contribution in [1.82, 2.24) is 0 Å². The van der Waals surface area contributed by atoms with E-state index in [9.17, 15) is 0 Å². The number of hydrogen-bond acceptors (Lipinski definition) is 5. The van der Waals surface area contributed by atoms with E-state index in [4.69, 9.17) is 65.5 Å². The summed E-state index contributed by atoms with van der Waals surface area (Å²) in [7, 11) is 0. The molecule has 1 aromatic rings. The van der Waals surface area contributed by atoms with E-state index in [1.807, 2.05) is 13.8 Å². The molecule has 0 saturated carbocycles.